The van der Waals surface area contributed by atoms with Crippen molar-refractivity contribution in [1.82, 2.24) is 10.6 Å². The molecule has 3 amide bonds. The highest BCUT2D eigenvalue weighted by Gasteiger charge is 2.29. The van der Waals surface area contributed by atoms with E-state index in [2.05, 4.69) is 16.0 Å². The number of carbonyl (C=O) groups excluding carboxylic acids is 3. The van der Waals surface area contributed by atoms with Gasteiger partial charge in [0.25, 0.3) is 17.7 Å². The number of nitrogens with one attached hydrogen (secondary N) is 3. The monoisotopic (exact) mass is 421 g/mol. The molecule has 4 rings (SSSR count). The van der Waals surface area contributed by atoms with Crippen molar-refractivity contribution in [3.05, 3.63) is 88.5 Å². The second kappa shape index (κ2) is 7.98. The number of benzene rings is 3. The molecule has 31 heavy (non-hydrogen) atoms. The molecule has 3 aromatic carbocycles. The van der Waals surface area contributed by atoms with Crippen LogP contribution in [0, 0.1) is 11.6 Å². The number of fused-ring (bicyclic) bond motifs is 1. The van der Waals surface area contributed by atoms with Crippen LogP contribution in [-0.2, 0) is 6.54 Å². The van der Waals surface area contributed by atoms with Gasteiger partial charge in [-0.05, 0) is 47.5 Å². The summed E-state index contributed by atoms with van der Waals surface area (Å²) in [6.07, 6.45) is 0. The molecule has 1 aliphatic heterocycles. The molecule has 8 heteroatoms. The molecule has 0 unspecified atom stereocenters. The average Bonchev–Trinajstić information content (AvgIpc) is 3.15. The summed E-state index contributed by atoms with van der Waals surface area (Å²) in [7, 11) is 1.46. The fourth-order valence-corrected chi connectivity index (χ4v) is 3.58. The number of hydrogen-bond acceptors (Lipinski definition) is 3. The fourth-order valence-electron chi connectivity index (χ4n) is 3.58. The third kappa shape index (κ3) is 3.63. The van der Waals surface area contributed by atoms with Gasteiger partial charge in [0.15, 0.2) is 0 Å². The Balaban J connectivity index is 1.68. The highest BCUT2D eigenvalue weighted by Crippen LogP contribution is 2.34. The van der Waals surface area contributed by atoms with E-state index in [0.717, 1.165) is 12.1 Å². The average molecular weight is 421 g/mol. The second-order valence-electron chi connectivity index (χ2n) is 6.90. The van der Waals surface area contributed by atoms with Gasteiger partial charge in [-0.1, -0.05) is 18.2 Å². The fraction of sp³-hybridized carbons (Fsp3) is 0.0870. The van der Waals surface area contributed by atoms with Crippen LogP contribution >= 0.6 is 0 Å². The SMILES string of the molecule is CNC(=O)c1ccc(-c2ccc(NC(=O)c3ccccc3F)cc2F)c2c1C(=O)NC2. The summed E-state index contributed by atoms with van der Waals surface area (Å²) in [6, 6.07) is 12.6. The van der Waals surface area contributed by atoms with E-state index in [1.54, 1.807) is 6.07 Å². The lowest BCUT2D eigenvalue weighted by atomic mass is 9.92. The standard InChI is InChI=1S/C23H17F2N3O3/c1-26-21(29)16-9-8-13(17-11-27-23(31)20(16)17)14-7-6-12(10-19(14)25)28-22(30)15-4-2-3-5-18(15)24/h2-10H,11H2,1H3,(H,26,29)(H,27,31)(H,28,30). The van der Waals surface area contributed by atoms with Gasteiger partial charge in [-0.3, -0.25) is 14.4 Å². The molecule has 0 bridgehead atoms. The number of anilines is 1. The van der Waals surface area contributed by atoms with Gasteiger partial charge in [-0.2, -0.15) is 0 Å². The van der Waals surface area contributed by atoms with Crippen LogP contribution in [-0.4, -0.2) is 24.8 Å². The molecule has 156 valence electrons. The van der Waals surface area contributed by atoms with Crippen LogP contribution < -0.4 is 16.0 Å². The van der Waals surface area contributed by atoms with Crippen molar-refractivity contribution < 1.29 is 23.2 Å². The summed E-state index contributed by atoms with van der Waals surface area (Å²) < 4.78 is 28.7. The summed E-state index contributed by atoms with van der Waals surface area (Å²) in [5, 5.41) is 7.62. The maximum Gasteiger partial charge on any atom is 0.258 e. The lowest BCUT2D eigenvalue weighted by molar-refractivity contribution is 0.0932. The third-order valence-corrected chi connectivity index (χ3v) is 5.07. The smallest absolute Gasteiger partial charge is 0.258 e. The molecule has 0 radical (unpaired) electrons. The highest BCUT2D eigenvalue weighted by molar-refractivity contribution is 6.11. The molecule has 3 N–H and O–H groups in total. The zero-order chi connectivity index (χ0) is 22.1. The first kappa shape index (κ1) is 20.2. The van der Waals surface area contributed by atoms with E-state index in [0.29, 0.717) is 11.1 Å². The predicted molar refractivity (Wildman–Crippen MR) is 111 cm³/mol. The summed E-state index contributed by atoms with van der Waals surface area (Å²) in [6.45, 7) is 0.166. The molecule has 0 saturated carbocycles. The van der Waals surface area contributed by atoms with Gasteiger partial charge in [-0.25, -0.2) is 8.78 Å². The van der Waals surface area contributed by atoms with Gasteiger partial charge in [0, 0.05) is 24.8 Å². The highest BCUT2D eigenvalue weighted by atomic mass is 19.1. The summed E-state index contributed by atoms with van der Waals surface area (Å²) in [5.74, 6) is -2.83. The molecular weight excluding hydrogens is 404 g/mol. The Hall–Kier alpha value is -4.07. The lowest BCUT2D eigenvalue weighted by Gasteiger charge is -2.13. The molecule has 0 saturated heterocycles. The Morgan fingerprint density at radius 2 is 1.65 bits per heavy atom. The first-order valence-electron chi connectivity index (χ1n) is 9.42. The van der Waals surface area contributed by atoms with E-state index >= 15 is 0 Å². The predicted octanol–water partition coefficient (Wildman–Crippen LogP) is 3.49. The zero-order valence-electron chi connectivity index (χ0n) is 16.4. The minimum absolute atomic E-state index is 0.154. The van der Waals surface area contributed by atoms with Gasteiger partial charge in [0.1, 0.15) is 11.6 Å². The van der Waals surface area contributed by atoms with Crippen molar-refractivity contribution in [2.24, 2.45) is 0 Å². The van der Waals surface area contributed by atoms with E-state index in [9.17, 15) is 23.2 Å². The van der Waals surface area contributed by atoms with Crippen LogP contribution in [0.1, 0.15) is 36.6 Å². The number of carbonyl (C=O) groups is 3. The molecular formula is C23H17F2N3O3. The van der Waals surface area contributed by atoms with Gasteiger partial charge in [-0.15, -0.1) is 0 Å². The minimum Gasteiger partial charge on any atom is -0.355 e. The summed E-state index contributed by atoms with van der Waals surface area (Å²) >= 11 is 0. The Kier molecular flexibility index (Phi) is 5.21. The zero-order valence-corrected chi connectivity index (χ0v) is 16.4. The molecule has 3 aromatic rings. The molecule has 0 aromatic heterocycles. The van der Waals surface area contributed by atoms with Crippen LogP contribution in [0.15, 0.2) is 54.6 Å². The van der Waals surface area contributed by atoms with Gasteiger partial charge < -0.3 is 16.0 Å². The number of halogens is 2. The van der Waals surface area contributed by atoms with Crippen molar-refractivity contribution >= 4 is 23.4 Å². The molecule has 0 spiro atoms. The van der Waals surface area contributed by atoms with Crippen LogP contribution in [0.2, 0.25) is 0 Å². The molecule has 1 aliphatic rings. The topological polar surface area (TPSA) is 87.3 Å². The van der Waals surface area contributed by atoms with Crippen molar-refractivity contribution in [1.29, 1.82) is 0 Å². The van der Waals surface area contributed by atoms with Crippen molar-refractivity contribution in [2.45, 2.75) is 6.54 Å². The van der Waals surface area contributed by atoms with E-state index in [1.165, 1.54) is 43.4 Å². The first-order chi connectivity index (χ1) is 14.9. The Morgan fingerprint density at radius 3 is 2.35 bits per heavy atom. The molecule has 0 fully saturated rings. The largest absolute Gasteiger partial charge is 0.355 e. The molecule has 0 aliphatic carbocycles. The van der Waals surface area contributed by atoms with E-state index < -0.39 is 29.4 Å². The normalized spacial score (nSPS) is 12.2. The van der Waals surface area contributed by atoms with Gasteiger partial charge in [0.05, 0.1) is 16.7 Å². The van der Waals surface area contributed by atoms with Gasteiger partial charge in [0.2, 0.25) is 0 Å². The Labute approximate surface area is 176 Å². The third-order valence-electron chi connectivity index (χ3n) is 5.07. The quantitative estimate of drug-likeness (QED) is 0.603. The van der Waals surface area contributed by atoms with Crippen molar-refractivity contribution in [3.63, 3.8) is 0 Å². The number of amides is 3. The Bertz CT molecular complexity index is 1240. The van der Waals surface area contributed by atoms with Crippen LogP contribution in [0.4, 0.5) is 14.5 Å². The van der Waals surface area contributed by atoms with Crippen LogP contribution in [0.3, 0.4) is 0 Å². The van der Waals surface area contributed by atoms with Gasteiger partial charge >= 0.3 is 0 Å². The number of rotatable bonds is 4. The molecule has 0 atom stereocenters. The second-order valence-corrected chi connectivity index (χ2v) is 6.90. The molecule has 6 nitrogen and oxygen atoms in total. The summed E-state index contributed by atoms with van der Waals surface area (Å²) in [4.78, 5) is 36.6. The van der Waals surface area contributed by atoms with Crippen molar-refractivity contribution in [3.8, 4) is 11.1 Å². The molecule has 1 heterocycles. The van der Waals surface area contributed by atoms with E-state index in [-0.39, 0.29) is 34.5 Å². The van der Waals surface area contributed by atoms with E-state index in [1.807, 2.05) is 0 Å². The first-order valence-corrected chi connectivity index (χ1v) is 9.42. The maximum absolute atomic E-state index is 14.9. The number of hydrogen-bond donors (Lipinski definition) is 3. The van der Waals surface area contributed by atoms with Crippen molar-refractivity contribution in [2.75, 3.05) is 12.4 Å². The minimum atomic E-state index is -0.698. The Morgan fingerprint density at radius 1 is 0.903 bits per heavy atom. The van der Waals surface area contributed by atoms with Crippen LogP contribution in [0.25, 0.3) is 11.1 Å². The maximum atomic E-state index is 14.9. The summed E-state index contributed by atoms with van der Waals surface area (Å²) in [5.41, 5.74) is 1.62. The van der Waals surface area contributed by atoms with E-state index in [4.69, 9.17) is 0 Å². The van der Waals surface area contributed by atoms with Crippen LogP contribution in [0.5, 0.6) is 0 Å². The lowest BCUT2D eigenvalue weighted by Crippen LogP contribution is -2.22.